The van der Waals surface area contributed by atoms with Gasteiger partial charge < -0.3 is 10.3 Å². The van der Waals surface area contributed by atoms with Gasteiger partial charge in [0.05, 0.1) is 17.9 Å². The van der Waals surface area contributed by atoms with Crippen LogP contribution in [0.3, 0.4) is 0 Å². The summed E-state index contributed by atoms with van der Waals surface area (Å²) in [6, 6.07) is 18.7. The van der Waals surface area contributed by atoms with E-state index < -0.39 is 0 Å². The van der Waals surface area contributed by atoms with Crippen molar-refractivity contribution in [3.63, 3.8) is 0 Å². The number of imidazole rings is 1. The average molecular weight is 291 g/mol. The lowest BCUT2D eigenvalue weighted by Gasteiger charge is -2.13. The standard InChI is InChI=1S/C19H21N3/c1-14-8-10-16(11-9-14)18-13-21-19(22(18)2)17(20)12-15-6-4-3-5-7-15/h3-11,13,17H,12,20H2,1-2H3/t17-/m0/s1. The van der Waals surface area contributed by atoms with E-state index in [0.29, 0.717) is 0 Å². The molecule has 2 N–H and O–H groups in total. The van der Waals surface area contributed by atoms with Crippen molar-refractivity contribution in [2.45, 2.75) is 19.4 Å². The van der Waals surface area contributed by atoms with Gasteiger partial charge in [-0.2, -0.15) is 0 Å². The van der Waals surface area contributed by atoms with E-state index >= 15 is 0 Å². The van der Waals surface area contributed by atoms with Gasteiger partial charge in [0.15, 0.2) is 0 Å². The molecule has 0 radical (unpaired) electrons. The van der Waals surface area contributed by atoms with Crippen LogP contribution in [0.2, 0.25) is 0 Å². The third-order valence-corrected chi connectivity index (χ3v) is 4.00. The molecule has 1 heterocycles. The van der Waals surface area contributed by atoms with Crippen molar-refractivity contribution in [2.24, 2.45) is 12.8 Å². The number of hydrogen-bond donors (Lipinski definition) is 1. The number of nitrogens with two attached hydrogens (primary N) is 1. The fourth-order valence-corrected chi connectivity index (χ4v) is 2.72. The van der Waals surface area contributed by atoms with Crippen molar-refractivity contribution in [3.8, 4) is 11.3 Å². The first-order valence-electron chi connectivity index (χ1n) is 7.53. The molecule has 0 fully saturated rings. The van der Waals surface area contributed by atoms with Crippen LogP contribution in [-0.4, -0.2) is 9.55 Å². The monoisotopic (exact) mass is 291 g/mol. The summed E-state index contributed by atoms with van der Waals surface area (Å²) in [4.78, 5) is 4.55. The van der Waals surface area contributed by atoms with Crippen LogP contribution in [0, 0.1) is 6.92 Å². The molecule has 0 aliphatic carbocycles. The maximum atomic E-state index is 6.36. The second-order valence-corrected chi connectivity index (χ2v) is 5.72. The van der Waals surface area contributed by atoms with Crippen molar-refractivity contribution < 1.29 is 0 Å². The molecule has 3 nitrogen and oxygen atoms in total. The molecule has 0 aliphatic rings. The second-order valence-electron chi connectivity index (χ2n) is 5.72. The van der Waals surface area contributed by atoms with Gasteiger partial charge in [-0.1, -0.05) is 60.2 Å². The highest BCUT2D eigenvalue weighted by molar-refractivity contribution is 5.59. The molecule has 0 saturated heterocycles. The molecule has 22 heavy (non-hydrogen) atoms. The summed E-state index contributed by atoms with van der Waals surface area (Å²) in [6.45, 7) is 2.09. The second kappa shape index (κ2) is 6.16. The summed E-state index contributed by atoms with van der Waals surface area (Å²) in [6.07, 6.45) is 2.70. The SMILES string of the molecule is Cc1ccc(-c2cnc([C@@H](N)Cc3ccccc3)n2C)cc1. The number of aryl methyl sites for hydroxylation is 1. The van der Waals surface area contributed by atoms with Crippen molar-refractivity contribution >= 4 is 0 Å². The first-order valence-corrected chi connectivity index (χ1v) is 7.53. The zero-order valence-electron chi connectivity index (χ0n) is 13.0. The summed E-state index contributed by atoms with van der Waals surface area (Å²) in [5.41, 5.74) is 11.1. The molecule has 2 aromatic carbocycles. The predicted octanol–water partition coefficient (Wildman–Crippen LogP) is 3.64. The molecule has 0 spiro atoms. The van der Waals surface area contributed by atoms with E-state index in [0.717, 1.165) is 17.9 Å². The maximum absolute atomic E-state index is 6.36. The first-order chi connectivity index (χ1) is 10.6. The van der Waals surface area contributed by atoms with Crippen molar-refractivity contribution in [1.82, 2.24) is 9.55 Å². The summed E-state index contributed by atoms with van der Waals surface area (Å²) in [5, 5.41) is 0. The molecule has 0 saturated carbocycles. The summed E-state index contributed by atoms with van der Waals surface area (Å²) in [5.74, 6) is 0.916. The van der Waals surface area contributed by atoms with Gasteiger partial charge in [0.25, 0.3) is 0 Å². The van der Waals surface area contributed by atoms with Gasteiger partial charge >= 0.3 is 0 Å². The smallest absolute Gasteiger partial charge is 0.126 e. The van der Waals surface area contributed by atoms with E-state index in [-0.39, 0.29) is 6.04 Å². The summed E-state index contributed by atoms with van der Waals surface area (Å²) in [7, 11) is 2.03. The van der Waals surface area contributed by atoms with E-state index in [2.05, 4.69) is 52.9 Å². The van der Waals surface area contributed by atoms with E-state index in [1.807, 2.05) is 31.4 Å². The van der Waals surface area contributed by atoms with E-state index in [1.54, 1.807) is 0 Å². The van der Waals surface area contributed by atoms with Crippen LogP contribution in [0.1, 0.15) is 23.0 Å². The number of benzene rings is 2. The highest BCUT2D eigenvalue weighted by Crippen LogP contribution is 2.23. The Hall–Kier alpha value is -2.39. The van der Waals surface area contributed by atoms with Crippen LogP contribution in [0.25, 0.3) is 11.3 Å². The molecular formula is C19H21N3. The number of rotatable bonds is 4. The molecule has 3 heteroatoms. The Morgan fingerprint density at radius 3 is 2.41 bits per heavy atom. The number of hydrogen-bond acceptors (Lipinski definition) is 2. The summed E-state index contributed by atoms with van der Waals surface area (Å²) < 4.78 is 2.10. The van der Waals surface area contributed by atoms with Crippen LogP contribution in [-0.2, 0) is 13.5 Å². The van der Waals surface area contributed by atoms with Crippen LogP contribution in [0.5, 0.6) is 0 Å². The van der Waals surface area contributed by atoms with Crippen molar-refractivity contribution in [1.29, 1.82) is 0 Å². The predicted molar refractivity (Wildman–Crippen MR) is 90.5 cm³/mol. The Labute approximate surface area is 131 Å². The Morgan fingerprint density at radius 2 is 1.73 bits per heavy atom. The lowest BCUT2D eigenvalue weighted by Crippen LogP contribution is -2.18. The van der Waals surface area contributed by atoms with Crippen molar-refractivity contribution in [2.75, 3.05) is 0 Å². The largest absolute Gasteiger partial charge is 0.330 e. The van der Waals surface area contributed by atoms with Crippen LogP contribution in [0.15, 0.2) is 60.8 Å². The quantitative estimate of drug-likeness (QED) is 0.797. The molecule has 0 unspecified atom stereocenters. The number of nitrogens with zero attached hydrogens (tertiary/aromatic N) is 2. The van der Waals surface area contributed by atoms with Crippen LogP contribution < -0.4 is 5.73 Å². The minimum Gasteiger partial charge on any atom is -0.330 e. The van der Waals surface area contributed by atoms with Crippen LogP contribution in [0.4, 0.5) is 0 Å². The number of aromatic nitrogens is 2. The van der Waals surface area contributed by atoms with E-state index in [4.69, 9.17) is 5.73 Å². The average Bonchev–Trinajstić information content (AvgIpc) is 2.91. The molecule has 0 bridgehead atoms. The third-order valence-electron chi connectivity index (χ3n) is 4.00. The van der Waals surface area contributed by atoms with Crippen LogP contribution >= 0.6 is 0 Å². The summed E-state index contributed by atoms with van der Waals surface area (Å²) >= 11 is 0. The van der Waals surface area contributed by atoms with Gasteiger partial charge in [0.2, 0.25) is 0 Å². The first kappa shape index (κ1) is 14.5. The molecule has 112 valence electrons. The molecule has 3 aromatic rings. The zero-order valence-corrected chi connectivity index (χ0v) is 13.0. The minimum absolute atomic E-state index is 0.105. The Morgan fingerprint density at radius 1 is 1.05 bits per heavy atom. The molecule has 1 aromatic heterocycles. The highest BCUT2D eigenvalue weighted by Gasteiger charge is 2.15. The zero-order chi connectivity index (χ0) is 15.5. The van der Waals surface area contributed by atoms with Gasteiger partial charge in [0.1, 0.15) is 5.82 Å². The molecule has 0 amide bonds. The van der Waals surface area contributed by atoms with Gasteiger partial charge in [-0.25, -0.2) is 4.98 Å². The Balaban J connectivity index is 1.85. The van der Waals surface area contributed by atoms with Crippen molar-refractivity contribution in [3.05, 3.63) is 77.7 Å². The molecule has 3 rings (SSSR count). The molecule has 0 aliphatic heterocycles. The van der Waals surface area contributed by atoms with E-state index in [9.17, 15) is 0 Å². The normalized spacial score (nSPS) is 12.3. The Bertz CT molecular complexity index is 742. The van der Waals surface area contributed by atoms with E-state index in [1.165, 1.54) is 16.7 Å². The molecular weight excluding hydrogens is 270 g/mol. The lowest BCUT2D eigenvalue weighted by atomic mass is 10.1. The molecule has 1 atom stereocenters. The minimum atomic E-state index is -0.105. The van der Waals surface area contributed by atoms with Gasteiger partial charge in [-0.3, -0.25) is 0 Å². The maximum Gasteiger partial charge on any atom is 0.126 e. The fraction of sp³-hybridized carbons (Fsp3) is 0.211. The fourth-order valence-electron chi connectivity index (χ4n) is 2.72. The highest BCUT2D eigenvalue weighted by atomic mass is 15.1. The topological polar surface area (TPSA) is 43.8 Å². The lowest BCUT2D eigenvalue weighted by molar-refractivity contribution is 0.634. The Kier molecular flexibility index (Phi) is 4.07. The van der Waals surface area contributed by atoms with Gasteiger partial charge in [0, 0.05) is 7.05 Å². The van der Waals surface area contributed by atoms with Gasteiger partial charge in [-0.05, 0) is 24.5 Å². The third kappa shape index (κ3) is 2.95. The van der Waals surface area contributed by atoms with Gasteiger partial charge in [-0.15, -0.1) is 0 Å².